The maximum absolute atomic E-state index is 13.3. The predicted octanol–water partition coefficient (Wildman–Crippen LogP) is 1.73. The van der Waals surface area contributed by atoms with Gasteiger partial charge < -0.3 is 25.0 Å². The molecule has 3 atom stereocenters. The molecule has 4 N–H and O–H groups in total. The van der Waals surface area contributed by atoms with Crippen molar-refractivity contribution in [3.05, 3.63) is 36.2 Å². The number of hydrogen-bond acceptors (Lipinski definition) is 9. The van der Waals surface area contributed by atoms with Gasteiger partial charge in [-0.15, -0.1) is 0 Å². The van der Waals surface area contributed by atoms with Crippen LogP contribution in [0.25, 0.3) is 0 Å². The number of Topliss-reactive ketones (excluding diaryl/α,β-unsaturated/α-hetero) is 1. The monoisotopic (exact) mass is 525 g/mol. The Labute approximate surface area is 209 Å². The third kappa shape index (κ3) is 6.09. The van der Waals surface area contributed by atoms with Gasteiger partial charge in [0, 0.05) is 31.8 Å². The van der Waals surface area contributed by atoms with Crippen LogP contribution in [0.3, 0.4) is 0 Å². The molecule has 0 saturated carbocycles. The van der Waals surface area contributed by atoms with Crippen molar-refractivity contribution in [3.63, 3.8) is 0 Å². The normalized spacial score (nSPS) is 18.3. The molecule has 0 radical (unpaired) electrons. The molecule has 1 fully saturated rings. The Kier molecular flexibility index (Phi) is 7.80. The van der Waals surface area contributed by atoms with Gasteiger partial charge in [-0.3, -0.25) is 15.0 Å². The Hall–Kier alpha value is -3.49. The summed E-state index contributed by atoms with van der Waals surface area (Å²) in [6, 6.07) is 5.14. The maximum atomic E-state index is 13.3. The fourth-order valence-electron chi connectivity index (χ4n) is 4.17. The number of nitrogens with zero attached hydrogens (tertiary/aromatic N) is 4. The number of alkyl halides is 3. The molecule has 200 valence electrons. The van der Waals surface area contributed by atoms with Crippen molar-refractivity contribution in [2.45, 2.75) is 43.7 Å². The minimum atomic E-state index is -4.82. The van der Waals surface area contributed by atoms with E-state index >= 15 is 0 Å². The maximum Gasteiger partial charge on any atom is 0.414 e. The van der Waals surface area contributed by atoms with E-state index in [1.807, 2.05) is 4.90 Å². The van der Waals surface area contributed by atoms with Gasteiger partial charge in [0.1, 0.15) is 36.1 Å². The van der Waals surface area contributed by atoms with Gasteiger partial charge in [0.25, 0.3) is 0 Å². The van der Waals surface area contributed by atoms with E-state index in [4.69, 9.17) is 9.84 Å². The van der Waals surface area contributed by atoms with E-state index in [0.29, 0.717) is 30.9 Å². The largest absolute Gasteiger partial charge is 0.491 e. The molecular weight excluding hydrogens is 499 g/mol. The minimum absolute atomic E-state index is 0.107. The van der Waals surface area contributed by atoms with E-state index in [9.17, 15) is 33.0 Å². The molecule has 0 aliphatic carbocycles. The van der Waals surface area contributed by atoms with Gasteiger partial charge in [-0.25, -0.2) is 14.8 Å². The van der Waals surface area contributed by atoms with Crippen LogP contribution in [-0.4, -0.2) is 87.8 Å². The summed E-state index contributed by atoms with van der Waals surface area (Å²) in [6.45, 7) is 0.569. The lowest BCUT2D eigenvalue weighted by Crippen LogP contribution is -2.48. The van der Waals surface area contributed by atoms with E-state index in [0.717, 1.165) is 0 Å². The molecule has 2 aliphatic heterocycles. The lowest BCUT2D eigenvalue weighted by atomic mass is 10.1. The van der Waals surface area contributed by atoms with Crippen LogP contribution in [0.4, 0.5) is 35.3 Å². The van der Waals surface area contributed by atoms with Gasteiger partial charge in [0.2, 0.25) is 0 Å². The Morgan fingerprint density at radius 2 is 2.03 bits per heavy atom. The summed E-state index contributed by atoms with van der Waals surface area (Å²) in [5.41, 5.74) is 0.503. The number of pyridine rings is 2. The number of aliphatic hydroxyl groups is 3. The second kappa shape index (κ2) is 10.9. The molecule has 0 spiro atoms. The lowest BCUT2D eigenvalue weighted by Gasteiger charge is -2.35. The zero-order valence-electron chi connectivity index (χ0n) is 19.6. The molecule has 37 heavy (non-hydrogen) atoms. The van der Waals surface area contributed by atoms with Crippen LogP contribution in [0, 0.1) is 0 Å². The summed E-state index contributed by atoms with van der Waals surface area (Å²) in [4.78, 5) is 37.7. The van der Waals surface area contributed by atoms with E-state index in [1.54, 1.807) is 6.07 Å². The molecular formula is C23H26F3N5O6. The van der Waals surface area contributed by atoms with Crippen molar-refractivity contribution in [1.82, 2.24) is 9.97 Å². The number of hydrogen-bond donors (Lipinski definition) is 4. The van der Waals surface area contributed by atoms with Crippen LogP contribution in [0.5, 0.6) is 5.75 Å². The first-order valence-electron chi connectivity index (χ1n) is 11.6. The SMILES string of the molecule is O=C(CC[C@H](O)C(F)(F)F)c1ccc2c(n1)N(C(=O)Nc1cc(OC[C@H](O)CO)ccn1)[C@H]1CCN2C1. The van der Waals surface area contributed by atoms with Crippen molar-refractivity contribution in [2.24, 2.45) is 0 Å². The number of nitrogens with one attached hydrogen (secondary N) is 1. The second-order valence-corrected chi connectivity index (χ2v) is 8.77. The fraction of sp³-hybridized carbons (Fsp3) is 0.478. The van der Waals surface area contributed by atoms with E-state index in [1.165, 1.54) is 29.3 Å². The zero-order chi connectivity index (χ0) is 26.7. The number of carbonyl (C=O) groups excluding carboxylic acids is 2. The number of halogens is 3. The quantitative estimate of drug-likeness (QED) is 0.359. The van der Waals surface area contributed by atoms with Crippen molar-refractivity contribution in [2.75, 3.05) is 41.4 Å². The summed E-state index contributed by atoms with van der Waals surface area (Å²) in [7, 11) is 0. The van der Waals surface area contributed by atoms with E-state index < -0.39 is 49.6 Å². The van der Waals surface area contributed by atoms with E-state index in [2.05, 4.69) is 15.3 Å². The van der Waals surface area contributed by atoms with Crippen LogP contribution in [0.1, 0.15) is 29.8 Å². The average molecular weight is 525 g/mol. The van der Waals surface area contributed by atoms with Crippen molar-refractivity contribution >= 4 is 29.1 Å². The summed E-state index contributed by atoms with van der Waals surface area (Å²) in [5, 5.41) is 30.2. The Morgan fingerprint density at radius 1 is 1.24 bits per heavy atom. The molecule has 4 rings (SSSR count). The van der Waals surface area contributed by atoms with Gasteiger partial charge in [-0.2, -0.15) is 13.2 Å². The van der Waals surface area contributed by atoms with Crippen LogP contribution in [0.2, 0.25) is 0 Å². The number of fused-ring (bicyclic) bond motifs is 4. The number of aromatic nitrogens is 2. The van der Waals surface area contributed by atoms with Crippen molar-refractivity contribution in [3.8, 4) is 5.75 Å². The molecule has 2 bridgehead atoms. The summed E-state index contributed by atoms with van der Waals surface area (Å²) in [5.74, 6) is -0.0322. The summed E-state index contributed by atoms with van der Waals surface area (Å²) in [6.07, 6.45) is -7.83. The van der Waals surface area contributed by atoms with Gasteiger partial charge in [-0.1, -0.05) is 0 Å². The molecule has 11 nitrogen and oxygen atoms in total. The first kappa shape index (κ1) is 26.6. The van der Waals surface area contributed by atoms with Gasteiger partial charge in [0.15, 0.2) is 11.6 Å². The standard InChI is InChI=1S/C23H26F3N5O6/c24-23(25,26)19(35)4-3-18(34)16-1-2-17-21(28-16)31(13-6-8-30(17)10-13)22(36)29-20-9-15(5-7-27-20)37-12-14(33)11-32/h1-2,5,7,9,13-14,19,32-33,35H,3-4,6,8,10-12H2,(H,27,29,36)/t13-,14+,19-/m0/s1. The predicted molar refractivity (Wildman–Crippen MR) is 125 cm³/mol. The zero-order valence-corrected chi connectivity index (χ0v) is 19.6. The number of carbonyl (C=O) groups is 2. The molecule has 14 heteroatoms. The topological polar surface area (TPSA) is 148 Å². The van der Waals surface area contributed by atoms with Crippen LogP contribution in [-0.2, 0) is 0 Å². The molecule has 0 aromatic carbocycles. The first-order valence-corrected chi connectivity index (χ1v) is 11.6. The first-order chi connectivity index (χ1) is 17.6. The van der Waals surface area contributed by atoms with Crippen molar-refractivity contribution in [1.29, 1.82) is 0 Å². The molecule has 0 unspecified atom stereocenters. The Balaban J connectivity index is 1.51. The molecule has 2 amide bonds. The number of rotatable bonds is 9. The molecule has 2 aromatic heterocycles. The van der Waals surface area contributed by atoms with Crippen molar-refractivity contribution < 1.29 is 42.8 Å². The number of amides is 2. The summed E-state index contributed by atoms with van der Waals surface area (Å²) >= 11 is 0. The highest BCUT2D eigenvalue weighted by Gasteiger charge is 2.41. The summed E-state index contributed by atoms with van der Waals surface area (Å²) < 4.78 is 43.1. The minimum Gasteiger partial charge on any atom is -0.491 e. The highest BCUT2D eigenvalue weighted by atomic mass is 19.4. The third-order valence-electron chi connectivity index (χ3n) is 6.10. The molecule has 2 aliphatic rings. The van der Waals surface area contributed by atoms with Crippen LogP contribution >= 0.6 is 0 Å². The number of ether oxygens (including phenoxy) is 1. The fourth-order valence-corrected chi connectivity index (χ4v) is 4.17. The number of anilines is 3. The highest BCUT2D eigenvalue weighted by molar-refractivity contribution is 6.05. The van der Waals surface area contributed by atoms with Gasteiger partial charge >= 0.3 is 12.2 Å². The van der Waals surface area contributed by atoms with Gasteiger partial charge in [-0.05, 0) is 31.0 Å². The molecule has 2 aromatic rings. The van der Waals surface area contributed by atoms with E-state index in [-0.39, 0.29) is 30.0 Å². The molecule has 4 heterocycles. The number of ketones is 1. The van der Waals surface area contributed by atoms with Crippen LogP contribution < -0.4 is 19.9 Å². The average Bonchev–Trinajstić information content (AvgIpc) is 3.29. The Bertz CT molecular complexity index is 1150. The number of aliphatic hydroxyl groups excluding tert-OH is 3. The molecule has 1 saturated heterocycles. The van der Waals surface area contributed by atoms with Gasteiger partial charge in [0.05, 0.1) is 18.3 Å². The Morgan fingerprint density at radius 3 is 2.76 bits per heavy atom. The lowest BCUT2D eigenvalue weighted by molar-refractivity contribution is -0.204. The smallest absolute Gasteiger partial charge is 0.414 e. The number of urea groups is 1. The third-order valence-corrected chi connectivity index (χ3v) is 6.10. The second-order valence-electron chi connectivity index (χ2n) is 8.77. The van der Waals surface area contributed by atoms with Crippen LogP contribution in [0.15, 0.2) is 30.5 Å². The highest BCUT2D eigenvalue weighted by Crippen LogP contribution is 2.39.